The molecule has 6 nitrogen and oxygen atoms in total. The molecule has 3 atom stereocenters. The van der Waals surface area contributed by atoms with E-state index in [-0.39, 0.29) is 11.8 Å². The van der Waals surface area contributed by atoms with Crippen molar-refractivity contribution in [3.8, 4) is 0 Å². The average Bonchev–Trinajstić information content (AvgIpc) is 3.38. The van der Waals surface area contributed by atoms with Crippen molar-refractivity contribution >= 4 is 23.2 Å². The van der Waals surface area contributed by atoms with Gasteiger partial charge in [0.2, 0.25) is 5.91 Å². The van der Waals surface area contributed by atoms with Crippen LogP contribution in [0.5, 0.6) is 0 Å². The second-order valence-electron chi connectivity index (χ2n) is 8.88. The Bertz CT molecular complexity index is 1380. The standard InChI is InChI=1S/C29H23N3O3/c1-20-12-14-23(15-13-20)31-27(33)26-29(28(31)34,22-8-4-2-5-9-22)25(21-16-18-30-19-17-21)32(35-26)24-10-6-3-7-11-24/h2-19,25-26H,1H3. The van der Waals surface area contributed by atoms with E-state index in [2.05, 4.69) is 4.98 Å². The highest BCUT2D eigenvalue weighted by Gasteiger charge is 2.72. The number of rotatable bonds is 4. The van der Waals surface area contributed by atoms with E-state index in [0.717, 1.165) is 22.4 Å². The second kappa shape index (κ2) is 8.18. The van der Waals surface area contributed by atoms with Crippen LogP contribution < -0.4 is 9.96 Å². The van der Waals surface area contributed by atoms with Crippen LogP contribution in [-0.4, -0.2) is 22.9 Å². The van der Waals surface area contributed by atoms with Crippen molar-refractivity contribution in [3.63, 3.8) is 0 Å². The zero-order valence-electron chi connectivity index (χ0n) is 19.1. The smallest absolute Gasteiger partial charge is 0.267 e. The molecule has 6 heteroatoms. The Morgan fingerprint density at radius 3 is 2.06 bits per heavy atom. The third-order valence-corrected chi connectivity index (χ3v) is 6.88. The van der Waals surface area contributed by atoms with Gasteiger partial charge < -0.3 is 0 Å². The molecule has 3 aromatic carbocycles. The number of benzene rings is 3. The number of fused-ring (bicyclic) bond motifs is 1. The molecular formula is C29H23N3O3. The fourth-order valence-corrected chi connectivity index (χ4v) is 5.27. The zero-order chi connectivity index (χ0) is 24.0. The normalized spacial score (nSPS) is 23.6. The molecule has 3 unspecified atom stereocenters. The third-order valence-electron chi connectivity index (χ3n) is 6.88. The van der Waals surface area contributed by atoms with Gasteiger partial charge in [-0.2, -0.15) is 0 Å². The van der Waals surface area contributed by atoms with Gasteiger partial charge in [0.25, 0.3) is 5.91 Å². The molecule has 172 valence electrons. The van der Waals surface area contributed by atoms with Crippen LogP contribution in [-0.2, 0) is 19.8 Å². The Morgan fingerprint density at radius 2 is 1.40 bits per heavy atom. The van der Waals surface area contributed by atoms with Gasteiger partial charge in [-0.25, -0.2) is 9.96 Å². The topological polar surface area (TPSA) is 62.7 Å². The minimum Gasteiger partial charge on any atom is -0.273 e. The Labute approximate surface area is 203 Å². The van der Waals surface area contributed by atoms with Crippen LogP contribution in [0.4, 0.5) is 11.4 Å². The maximum absolute atomic E-state index is 14.5. The van der Waals surface area contributed by atoms with E-state index >= 15 is 0 Å². The minimum absolute atomic E-state index is 0.303. The van der Waals surface area contributed by atoms with Crippen LogP contribution in [0.25, 0.3) is 0 Å². The summed E-state index contributed by atoms with van der Waals surface area (Å²) in [5.41, 5.74) is 2.63. The average molecular weight is 462 g/mol. The van der Waals surface area contributed by atoms with Crippen LogP contribution in [0.2, 0.25) is 0 Å². The van der Waals surface area contributed by atoms with E-state index in [1.807, 2.05) is 91.9 Å². The van der Waals surface area contributed by atoms with E-state index in [9.17, 15) is 9.59 Å². The predicted octanol–water partition coefficient (Wildman–Crippen LogP) is 4.76. The van der Waals surface area contributed by atoms with E-state index in [0.29, 0.717) is 5.69 Å². The lowest BCUT2D eigenvalue weighted by atomic mass is 9.69. The third kappa shape index (κ3) is 3.11. The first-order valence-electron chi connectivity index (χ1n) is 11.5. The fraction of sp³-hybridized carbons (Fsp3) is 0.138. The summed E-state index contributed by atoms with van der Waals surface area (Å²) < 4.78 is 0. The largest absolute Gasteiger partial charge is 0.273 e. The molecule has 0 saturated carbocycles. The zero-order valence-corrected chi connectivity index (χ0v) is 19.1. The maximum Gasteiger partial charge on any atom is 0.267 e. The highest BCUT2D eigenvalue weighted by molar-refractivity contribution is 6.28. The first kappa shape index (κ1) is 21.3. The number of carbonyl (C=O) groups excluding carboxylic acids is 2. The quantitative estimate of drug-likeness (QED) is 0.410. The monoisotopic (exact) mass is 461 g/mol. The van der Waals surface area contributed by atoms with Crippen LogP contribution in [0.15, 0.2) is 109 Å². The first-order valence-corrected chi connectivity index (χ1v) is 11.5. The lowest BCUT2D eigenvalue weighted by molar-refractivity contribution is -0.126. The molecule has 0 N–H and O–H groups in total. The lowest BCUT2D eigenvalue weighted by Crippen LogP contribution is -2.46. The summed E-state index contributed by atoms with van der Waals surface area (Å²) in [6.07, 6.45) is 2.37. The van der Waals surface area contributed by atoms with E-state index in [1.54, 1.807) is 29.6 Å². The molecule has 35 heavy (non-hydrogen) atoms. The summed E-state index contributed by atoms with van der Waals surface area (Å²) in [5, 5.41) is 1.72. The summed E-state index contributed by atoms with van der Waals surface area (Å²) in [5.74, 6) is -0.678. The second-order valence-corrected chi connectivity index (χ2v) is 8.88. The van der Waals surface area contributed by atoms with Gasteiger partial charge in [-0.3, -0.25) is 19.4 Å². The van der Waals surface area contributed by atoms with Crippen molar-refractivity contribution < 1.29 is 14.4 Å². The van der Waals surface area contributed by atoms with E-state index in [1.165, 1.54) is 4.90 Å². The van der Waals surface area contributed by atoms with Gasteiger partial charge in [0, 0.05) is 12.4 Å². The van der Waals surface area contributed by atoms with E-state index in [4.69, 9.17) is 4.84 Å². The van der Waals surface area contributed by atoms with Gasteiger partial charge in [-0.1, -0.05) is 66.2 Å². The summed E-state index contributed by atoms with van der Waals surface area (Å²) >= 11 is 0. The Balaban J connectivity index is 1.61. The van der Waals surface area contributed by atoms with Crippen LogP contribution in [0.1, 0.15) is 22.7 Å². The van der Waals surface area contributed by atoms with Crippen molar-refractivity contribution in [2.24, 2.45) is 0 Å². The number of anilines is 2. The van der Waals surface area contributed by atoms with Gasteiger partial charge in [-0.15, -0.1) is 0 Å². The number of nitrogens with zero attached hydrogens (tertiary/aromatic N) is 3. The number of hydrogen-bond donors (Lipinski definition) is 0. The summed E-state index contributed by atoms with van der Waals surface area (Å²) in [4.78, 5) is 40.4. The van der Waals surface area contributed by atoms with Crippen LogP contribution in [0.3, 0.4) is 0 Å². The number of imide groups is 1. The van der Waals surface area contributed by atoms with Crippen molar-refractivity contribution in [2.75, 3.05) is 9.96 Å². The van der Waals surface area contributed by atoms with Gasteiger partial charge in [0.15, 0.2) is 6.10 Å². The van der Waals surface area contributed by atoms with Crippen LogP contribution >= 0.6 is 0 Å². The SMILES string of the molecule is Cc1ccc(N2C(=O)C3ON(c4ccccc4)C(c4ccncc4)C3(c3ccccc3)C2=O)cc1. The molecule has 6 rings (SSSR count). The number of hydroxylamine groups is 1. The molecule has 2 fully saturated rings. The van der Waals surface area contributed by atoms with Crippen molar-refractivity contribution in [3.05, 3.63) is 126 Å². The first-order chi connectivity index (χ1) is 17.1. The molecule has 0 spiro atoms. The number of carbonyl (C=O) groups is 2. The Kier molecular flexibility index (Phi) is 4.97. The number of hydrogen-bond acceptors (Lipinski definition) is 5. The molecule has 1 aromatic heterocycles. The molecule has 0 radical (unpaired) electrons. The van der Waals surface area contributed by atoms with E-state index < -0.39 is 17.6 Å². The summed E-state index contributed by atoms with van der Waals surface area (Å²) in [7, 11) is 0. The molecule has 0 aliphatic carbocycles. The molecule has 2 saturated heterocycles. The Hall–Kier alpha value is -4.29. The highest BCUT2D eigenvalue weighted by atomic mass is 16.7. The maximum atomic E-state index is 14.5. The number of aromatic nitrogens is 1. The number of aryl methyl sites for hydroxylation is 1. The predicted molar refractivity (Wildman–Crippen MR) is 133 cm³/mol. The molecule has 2 amide bonds. The lowest BCUT2D eigenvalue weighted by Gasteiger charge is -2.35. The van der Waals surface area contributed by atoms with Gasteiger partial charge in [-0.05, 0) is 54.4 Å². The fourth-order valence-electron chi connectivity index (χ4n) is 5.27. The molecule has 4 aromatic rings. The van der Waals surface area contributed by atoms with Crippen molar-refractivity contribution in [1.82, 2.24) is 4.98 Å². The number of para-hydroxylation sites is 1. The Morgan fingerprint density at radius 1 is 0.771 bits per heavy atom. The number of pyridine rings is 1. The molecular weight excluding hydrogens is 438 g/mol. The van der Waals surface area contributed by atoms with Gasteiger partial charge in [0.05, 0.1) is 11.4 Å². The molecule has 2 aliphatic heterocycles. The molecule has 3 heterocycles. The van der Waals surface area contributed by atoms with Crippen LogP contribution in [0, 0.1) is 6.92 Å². The summed E-state index contributed by atoms with van der Waals surface area (Å²) in [6.45, 7) is 1.97. The van der Waals surface area contributed by atoms with Crippen molar-refractivity contribution in [1.29, 1.82) is 0 Å². The highest BCUT2D eigenvalue weighted by Crippen LogP contribution is 2.57. The van der Waals surface area contributed by atoms with Crippen molar-refractivity contribution in [2.45, 2.75) is 24.5 Å². The molecule has 2 aliphatic rings. The van der Waals surface area contributed by atoms with Gasteiger partial charge >= 0.3 is 0 Å². The summed E-state index contributed by atoms with van der Waals surface area (Å²) in [6, 6.07) is 29.7. The van der Waals surface area contributed by atoms with Gasteiger partial charge in [0.1, 0.15) is 11.5 Å². The number of amides is 2. The minimum atomic E-state index is -1.29. The molecule has 0 bridgehead atoms.